The smallest absolute Gasteiger partial charge is 0.347 e. The third-order valence-electron chi connectivity index (χ3n) is 3.76. The van der Waals surface area contributed by atoms with Crippen LogP contribution < -0.4 is 0 Å². The Hall–Kier alpha value is -2.87. The van der Waals surface area contributed by atoms with Gasteiger partial charge in [0.15, 0.2) is 0 Å². The van der Waals surface area contributed by atoms with Gasteiger partial charge in [0, 0.05) is 6.42 Å². The van der Waals surface area contributed by atoms with Gasteiger partial charge in [-0.15, -0.1) is 4.40 Å². The second-order valence-electron chi connectivity index (χ2n) is 5.60. The highest BCUT2D eigenvalue weighted by Crippen LogP contribution is 2.27. The molecule has 1 atom stereocenters. The minimum Gasteiger partial charge on any atom is -0.508 e. The minimum absolute atomic E-state index is 0.0437. The van der Waals surface area contributed by atoms with E-state index in [1.165, 1.54) is 18.2 Å². The molecule has 3 rings (SSSR count). The van der Waals surface area contributed by atoms with Gasteiger partial charge in [0.05, 0.1) is 12.2 Å². The van der Waals surface area contributed by atoms with Crippen LogP contribution in [0.15, 0.2) is 57.8 Å². The maximum atomic E-state index is 12.3. The molecule has 0 aliphatic carbocycles. The van der Waals surface area contributed by atoms with Gasteiger partial charge in [0.25, 0.3) is 10.0 Å². The average Bonchev–Trinajstić information content (AvgIpc) is 2.87. The van der Waals surface area contributed by atoms with Crippen molar-refractivity contribution in [2.45, 2.75) is 24.3 Å². The van der Waals surface area contributed by atoms with Crippen molar-refractivity contribution >= 4 is 21.9 Å². The molecule has 0 radical (unpaired) electrons. The predicted molar refractivity (Wildman–Crippen MR) is 93.5 cm³/mol. The van der Waals surface area contributed by atoms with Crippen LogP contribution in [0.5, 0.6) is 5.75 Å². The van der Waals surface area contributed by atoms with Crippen molar-refractivity contribution in [1.29, 1.82) is 0 Å². The van der Waals surface area contributed by atoms with Crippen LogP contribution in [0.2, 0.25) is 0 Å². The van der Waals surface area contributed by atoms with E-state index in [2.05, 4.69) is 4.40 Å². The number of hydrogen-bond donors (Lipinski definition) is 1. The van der Waals surface area contributed by atoms with Crippen molar-refractivity contribution in [2.75, 3.05) is 6.61 Å². The number of sulfonamides is 1. The summed E-state index contributed by atoms with van der Waals surface area (Å²) in [5.74, 6) is -0.648. The molecule has 1 heterocycles. The molecule has 1 N–H and O–H groups in total. The van der Waals surface area contributed by atoms with Gasteiger partial charge in [-0.05, 0) is 36.8 Å². The first-order chi connectivity index (χ1) is 12.4. The van der Waals surface area contributed by atoms with E-state index in [4.69, 9.17) is 9.47 Å². The number of aromatic hydroxyl groups is 1. The number of carbonyl (C=O) groups excluding carboxylic acids is 1. The Morgan fingerprint density at radius 2 is 1.85 bits per heavy atom. The highest BCUT2D eigenvalue weighted by atomic mass is 32.2. The minimum atomic E-state index is -3.84. The number of phenols is 1. The number of nitrogens with zero attached hydrogens (tertiary/aromatic N) is 1. The zero-order valence-electron chi connectivity index (χ0n) is 14.0. The Labute approximate surface area is 151 Å². The predicted octanol–water partition coefficient (Wildman–Crippen LogP) is 2.03. The molecular weight excluding hydrogens is 358 g/mol. The zero-order chi connectivity index (χ0) is 18.7. The third kappa shape index (κ3) is 3.70. The number of benzene rings is 2. The summed E-state index contributed by atoms with van der Waals surface area (Å²) in [6.45, 7) is 1.83. The molecule has 0 saturated carbocycles. The molecule has 0 aromatic heterocycles. The Morgan fingerprint density at radius 3 is 2.54 bits per heavy atom. The fourth-order valence-corrected chi connectivity index (χ4v) is 3.69. The van der Waals surface area contributed by atoms with E-state index in [9.17, 15) is 18.3 Å². The van der Waals surface area contributed by atoms with E-state index in [-0.39, 0.29) is 29.6 Å². The summed E-state index contributed by atoms with van der Waals surface area (Å²) in [6.07, 6.45) is -0.931. The highest BCUT2D eigenvalue weighted by molar-refractivity contribution is 7.90. The van der Waals surface area contributed by atoms with Gasteiger partial charge in [0.2, 0.25) is 12.0 Å². The van der Waals surface area contributed by atoms with Crippen LogP contribution in [0.25, 0.3) is 0 Å². The van der Waals surface area contributed by atoms with E-state index >= 15 is 0 Å². The number of rotatable bonds is 5. The molecule has 2 aromatic carbocycles. The van der Waals surface area contributed by atoms with Crippen molar-refractivity contribution < 1.29 is 27.8 Å². The zero-order valence-corrected chi connectivity index (χ0v) is 14.8. The van der Waals surface area contributed by atoms with Crippen molar-refractivity contribution in [2.24, 2.45) is 4.40 Å². The first-order valence-electron chi connectivity index (χ1n) is 7.96. The van der Waals surface area contributed by atoms with E-state index in [0.29, 0.717) is 5.56 Å². The van der Waals surface area contributed by atoms with Crippen molar-refractivity contribution in [1.82, 2.24) is 0 Å². The number of phenolic OH excluding ortho intramolecular Hbond substituents is 1. The largest absolute Gasteiger partial charge is 0.508 e. The van der Waals surface area contributed by atoms with Crippen LogP contribution in [-0.2, 0) is 30.7 Å². The molecule has 0 bridgehead atoms. The van der Waals surface area contributed by atoms with Gasteiger partial charge >= 0.3 is 5.97 Å². The summed E-state index contributed by atoms with van der Waals surface area (Å²) in [6, 6.07) is 12.5. The fourth-order valence-electron chi connectivity index (χ4n) is 2.55. The maximum absolute atomic E-state index is 12.3. The Kier molecular flexibility index (Phi) is 4.94. The number of esters is 1. The molecule has 26 heavy (non-hydrogen) atoms. The summed E-state index contributed by atoms with van der Waals surface area (Å²) >= 11 is 0. The Morgan fingerprint density at radius 1 is 1.15 bits per heavy atom. The lowest BCUT2D eigenvalue weighted by Gasteiger charge is -2.17. The third-order valence-corrected chi connectivity index (χ3v) is 5.08. The van der Waals surface area contributed by atoms with Crippen LogP contribution in [0.1, 0.15) is 18.1 Å². The summed E-state index contributed by atoms with van der Waals surface area (Å²) in [5.41, 5.74) is 1.03. The van der Waals surface area contributed by atoms with Gasteiger partial charge in [0.1, 0.15) is 10.6 Å². The number of carbonyl (C=O) groups is 1. The molecule has 136 valence electrons. The van der Waals surface area contributed by atoms with E-state index in [0.717, 1.165) is 5.56 Å². The van der Waals surface area contributed by atoms with Crippen LogP contribution in [0.4, 0.5) is 0 Å². The normalized spacial score (nSPS) is 15.7. The molecule has 0 amide bonds. The first-order valence-corrected chi connectivity index (χ1v) is 9.40. The van der Waals surface area contributed by atoms with Crippen LogP contribution in [0.3, 0.4) is 0 Å². The molecular formula is C18H17NO6S. The molecule has 1 unspecified atom stereocenters. The Bertz CT molecular complexity index is 950. The van der Waals surface area contributed by atoms with Crippen molar-refractivity contribution in [3.05, 3.63) is 59.7 Å². The standard InChI is InChI=1S/C18H17NO6S/c1-2-24-18(21)15(11-12-7-9-13(20)10-8-12)25-17-14-5-3-4-6-16(14)26(22,23)19-17/h3-10,15,20H,2,11H2,1H3. The average molecular weight is 375 g/mol. The number of fused-ring (bicyclic) bond motifs is 1. The second-order valence-corrected chi connectivity index (χ2v) is 7.17. The van der Waals surface area contributed by atoms with Crippen LogP contribution in [-0.4, -0.2) is 38.1 Å². The lowest BCUT2D eigenvalue weighted by molar-refractivity contribution is -0.151. The molecule has 2 aromatic rings. The highest BCUT2D eigenvalue weighted by Gasteiger charge is 2.33. The van der Waals surface area contributed by atoms with Gasteiger partial charge in [-0.1, -0.05) is 24.3 Å². The number of hydrogen-bond acceptors (Lipinski definition) is 6. The van der Waals surface area contributed by atoms with E-state index < -0.39 is 22.1 Å². The SMILES string of the molecule is CCOC(=O)C(Cc1ccc(O)cc1)OC1=NS(=O)(=O)c2ccccc21. The molecule has 1 aliphatic rings. The molecule has 0 saturated heterocycles. The van der Waals surface area contributed by atoms with E-state index in [1.807, 2.05) is 0 Å². The topological polar surface area (TPSA) is 102 Å². The fraction of sp³-hybridized carbons (Fsp3) is 0.222. The summed E-state index contributed by atoms with van der Waals surface area (Å²) in [5, 5.41) is 9.37. The monoisotopic (exact) mass is 375 g/mol. The van der Waals surface area contributed by atoms with Gasteiger partial charge in [-0.2, -0.15) is 8.42 Å². The summed E-state index contributed by atoms with van der Waals surface area (Å²) in [4.78, 5) is 12.3. The van der Waals surface area contributed by atoms with Gasteiger partial charge in [-0.3, -0.25) is 0 Å². The number of ether oxygens (including phenoxy) is 2. The maximum Gasteiger partial charge on any atom is 0.347 e. The lowest BCUT2D eigenvalue weighted by atomic mass is 10.1. The molecule has 0 spiro atoms. The van der Waals surface area contributed by atoms with Gasteiger partial charge in [-0.25, -0.2) is 4.79 Å². The second kappa shape index (κ2) is 7.17. The molecule has 0 fully saturated rings. The van der Waals surface area contributed by atoms with Crippen molar-refractivity contribution in [3.8, 4) is 5.75 Å². The lowest BCUT2D eigenvalue weighted by Crippen LogP contribution is -2.31. The summed E-state index contributed by atoms with van der Waals surface area (Å²) in [7, 11) is -3.84. The summed E-state index contributed by atoms with van der Waals surface area (Å²) < 4.78 is 38.6. The van der Waals surface area contributed by atoms with Crippen LogP contribution >= 0.6 is 0 Å². The molecule has 1 aliphatic heterocycles. The Balaban J connectivity index is 1.89. The molecule has 7 nitrogen and oxygen atoms in total. The van der Waals surface area contributed by atoms with E-state index in [1.54, 1.807) is 37.3 Å². The first kappa shape index (κ1) is 17.9. The van der Waals surface area contributed by atoms with Gasteiger partial charge < -0.3 is 14.6 Å². The quantitative estimate of drug-likeness (QED) is 0.802. The molecule has 8 heteroatoms. The van der Waals surface area contributed by atoms with Crippen molar-refractivity contribution in [3.63, 3.8) is 0 Å². The van der Waals surface area contributed by atoms with Crippen LogP contribution in [0, 0.1) is 0 Å².